The standard InChI is InChI=1S/C30H25N5O2S/c1-37-27-18-16-25(17-19-27)29-33-34-30(35(29)26-10-6-3-7-11-26)38-21-28(36)32-31-20-22-12-14-24(15-13-22)23-8-4-2-5-9-23/h2-20H,21H2,1H3,(H,32,36)/b31-20-. The molecule has 1 N–H and O–H groups in total. The summed E-state index contributed by atoms with van der Waals surface area (Å²) in [4.78, 5) is 12.5. The van der Waals surface area contributed by atoms with E-state index in [0.29, 0.717) is 11.0 Å². The molecule has 38 heavy (non-hydrogen) atoms. The van der Waals surface area contributed by atoms with Gasteiger partial charge < -0.3 is 4.74 Å². The molecule has 0 saturated heterocycles. The van der Waals surface area contributed by atoms with Crippen LogP contribution in [0.1, 0.15) is 5.56 Å². The molecule has 0 saturated carbocycles. The number of nitrogens with zero attached hydrogens (tertiary/aromatic N) is 4. The Balaban J connectivity index is 1.24. The van der Waals surface area contributed by atoms with Gasteiger partial charge in [0.1, 0.15) is 5.75 Å². The van der Waals surface area contributed by atoms with E-state index < -0.39 is 0 Å². The summed E-state index contributed by atoms with van der Waals surface area (Å²) >= 11 is 1.30. The number of thioether (sulfide) groups is 1. The van der Waals surface area contributed by atoms with Crippen molar-refractivity contribution in [3.8, 4) is 34.0 Å². The van der Waals surface area contributed by atoms with Gasteiger partial charge in [0.25, 0.3) is 5.91 Å². The maximum Gasteiger partial charge on any atom is 0.250 e. The highest BCUT2D eigenvalue weighted by Gasteiger charge is 2.17. The monoisotopic (exact) mass is 519 g/mol. The zero-order valence-electron chi connectivity index (χ0n) is 20.7. The van der Waals surface area contributed by atoms with Crippen molar-refractivity contribution in [2.24, 2.45) is 5.10 Å². The summed E-state index contributed by atoms with van der Waals surface area (Å²) < 4.78 is 7.21. The van der Waals surface area contributed by atoms with Crippen molar-refractivity contribution < 1.29 is 9.53 Å². The summed E-state index contributed by atoms with van der Waals surface area (Å²) in [6.07, 6.45) is 1.63. The summed E-state index contributed by atoms with van der Waals surface area (Å²) in [7, 11) is 1.63. The van der Waals surface area contributed by atoms with Crippen LogP contribution in [0.15, 0.2) is 119 Å². The molecule has 1 aromatic heterocycles. The van der Waals surface area contributed by atoms with Crippen LogP contribution in [0.5, 0.6) is 5.75 Å². The second kappa shape index (κ2) is 12.0. The molecule has 1 amide bonds. The van der Waals surface area contributed by atoms with E-state index in [0.717, 1.165) is 33.7 Å². The van der Waals surface area contributed by atoms with Crippen molar-refractivity contribution in [2.45, 2.75) is 5.16 Å². The van der Waals surface area contributed by atoms with E-state index in [1.807, 2.05) is 102 Å². The number of methoxy groups -OCH3 is 1. The SMILES string of the molecule is COc1ccc(-c2nnc(SCC(=O)N/N=C\c3ccc(-c4ccccc4)cc3)n2-c2ccccc2)cc1. The maximum absolute atomic E-state index is 12.5. The number of hydrogen-bond acceptors (Lipinski definition) is 6. The predicted molar refractivity (Wildman–Crippen MR) is 152 cm³/mol. The third kappa shape index (κ3) is 5.99. The Morgan fingerprint density at radius 1 is 0.842 bits per heavy atom. The van der Waals surface area contributed by atoms with Gasteiger partial charge in [-0.3, -0.25) is 9.36 Å². The molecule has 0 aliphatic rings. The Kier molecular flexibility index (Phi) is 7.91. The van der Waals surface area contributed by atoms with Gasteiger partial charge in [0, 0.05) is 11.3 Å². The molecule has 0 radical (unpaired) electrons. The van der Waals surface area contributed by atoms with Crippen LogP contribution in [0.2, 0.25) is 0 Å². The second-order valence-electron chi connectivity index (χ2n) is 8.28. The number of hydrogen-bond donors (Lipinski definition) is 1. The first-order valence-electron chi connectivity index (χ1n) is 12.0. The fraction of sp³-hybridized carbons (Fsp3) is 0.0667. The summed E-state index contributed by atoms with van der Waals surface area (Å²) in [5.74, 6) is 1.34. The molecule has 0 unspecified atom stereocenters. The van der Waals surface area contributed by atoms with E-state index in [9.17, 15) is 4.79 Å². The Morgan fingerprint density at radius 2 is 1.47 bits per heavy atom. The number of benzene rings is 4. The van der Waals surface area contributed by atoms with Crippen LogP contribution in [0.25, 0.3) is 28.2 Å². The highest BCUT2D eigenvalue weighted by molar-refractivity contribution is 7.99. The highest BCUT2D eigenvalue weighted by Crippen LogP contribution is 2.29. The van der Waals surface area contributed by atoms with E-state index in [4.69, 9.17) is 4.74 Å². The lowest BCUT2D eigenvalue weighted by Gasteiger charge is -2.10. The van der Waals surface area contributed by atoms with Gasteiger partial charge in [0.2, 0.25) is 0 Å². The summed E-state index contributed by atoms with van der Waals surface area (Å²) in [6.45, 7) is 0. The quantitative estimate of drug-likeness (QED) is 0.150. The molecule has 5 rings (SSSR count). The third-order valence-electron chi connectivity index (χ3n) is 5.75. The highest BCUT2D eigenvalue weighted by atomic mass is 32.2. The summed E-state index contributed by atoms with van der Waals surface area (Å²) in [5.41, 5.74) is 7.56. The van der Waals surface area contributed by atoms with Gasteiger partial charge in [0.05, 0.1) is 19.1 Å². The lowest BCUT2D eigenvalue weighted by atomic mass is 10.0. The summed E-state index contributed by atoms with van der Waals surface area (Å²) in [6, 6.07) is 35.6. The molecule has 0 aliphatic carbocycles. The fourth-order valence-electron chi connectivity index (χ4n) is 3.83. The molecule has 7 nitrogen and oxygen atoms in total. The van der Waals surface area contributed by atoms with Gasteiger partial charge >= 0.3 is 0 Å². The first-order chi connectivity index (χ1) is 18.7. The maximum atomic E-state index is 12.5. The third-order valence-corrected chi connectivity index (χ3v) is 6.68. The molecule has 0 atom stereocenters. The largest absolute Gasteiger partial charge is 0.497 e. The van der Waals surface area contributed by atoms with Crippen LogP contribution in [-0.2, 0) is 4.79 Å². The molecule has 0 fully saturated rings. The van der Waals surface area contributed by atoms with Crippen LogP contribution in [0.4, 0.5) is 0 Å². The van der Waals surface area contributed by atoms with Gasteiger partial charge in [-0.05, 0) is 53.1 Å². The fourth-order valence-corrected chi connectivity index (χ4v) is 4.58. The van der Waals surface area contributed by atoms with Gasteiger partial charge in [0.15, 0.2) is 11.0 Å². The molecule has 188 valence electrons. The Hall–Kier alpha value is -4.69. The number of aromatic nitrogens is 3. The minimum Gasteiger partial charge on any atom is -0.497 e. The lowest BCUT2D eigenvalue weighted by molar-refractivity contribution is -0.118. The molecular formula is C30H25N5O2S. The lowest BCUT2D eigenvalue weighted by Crippen LogP contribution is -2.20. The molecule has 5 aromatic rings. The van der Waals surface area contributed by atoms with Crippen molar-refractivity contribution >= 4 is 23.9 Å². The van der Waals surface area contributed by atoms with Crippen LogP contribution >= 0.6 is 11.8 Å². The first kappa shape index (κ1) is 25.0. The normalized spacial score (nSPS) is 11.0. The number of carbonyl (C=O) groups is 1. The van der Waals surface area contributed by atoms with Crippen molar-refractivity contribution in [1.82, 2.24) is 20.2 Å². The van der Waals surface area contributed by atoms with Gasteiger partial charge in [-0.15, -0.1) is 10.2 Å². The predicted octanol–water partition coefficient (Wildman–Crippen LogP) is 5.85. The van der Waals surface area contributed by atoms with Crippen molar-refractivity contribution in [2.75, 3.05) is 12.9 Å². The zero-order valence-corrected chi connectivity index (χ0v) is 21.5. The molecule has 8 heteroatoms. The van der Waals surface area contributed by atoms with Crippen molar-refractivity contribution in [3.05, 3.63) is 115 Å². The van der Waals surface area contributed by atoms with E-state index in [1.165, 1.54) is 11.8 Å². The van der Waals surface area contributed by atoms with E-state index in [2.05, 4.69) is 32.9 Å². The molecule has 0 spiro atoms. The second-order valence-corrected chi connectivity index (χ2v) is 9.22. The summed E-state index contributed by atoms with van der Waals surface area (Å²) in [5, 5.41) is 13.5. The van der Waals surface area contributed by atoms with Gasteiger partial charge in [-0.25, -0.2) is 5.43 Å². The van der Waals surface area contributed by atoms with Crippen LogP contribution < -0.4 is 10.2 Å². The van der Waals surface area contributed by atoms with E-state index in [1.54, 1.807) is 13.3 Å². The van der Waals surface area contributed by atoms with Gasteiger partial charge in [-0.2, -0.15) is 5.10 Å². The number of ether oxygens (including phenoxy) is 1. The average Bonchev–Trinajstić information content (AvgIpc) is 3.41. The molecule has 0 bridgehead atoms. The van der Waals surface area contributed by atoms with Crippen molar-refractivity contribution in [1.29, 1.82) is 0 Å². The molecular weight excluding hydrogens is 494 g/mol. The van der Waals surface area contributed by atoms with Crippen LogP contribution in [0.3, 0.4) is 0 Å². The number of amides is 1. The number of carbonyl (C=O) groups excluding carboxylic acids is 1. The molecule has 1 heterocycles. The average molecular weight is 520 g/mol. The smallest absolute Gasteiger partial charge is 0.250 e. The number of para-hydroxylation sites is 1. The first-order valence-corrected chi connectivity index (χ1v) is 13.0. The minimum atomic E-state index is -0.235. The zero-order chi connectivity index (χ0) is 26.2. The topological polar surface area (TPSA) is 81.4 Å². The molecule has 4 aromatic carbocycles. The molecule has 0 aliphatic heterocycles. The van der Waals surface area contributed by atoms with Crippen LogP contribution in [0, 0.1) is 0 Å². The Morgan fingerprint density at radius 3 is 2.16 bits per heavy atom. The Labute approximate surface area is 225 Å². The van der Waals surface area contributed by atoms with E-state index in [-0.39, 0.29) is 11.7 Å². The van der Waals surface area contributed by atoms with E-state index >= 15 is 0 Å². The number of rotatable bonds is 9. The minimum absolute atomic E-state index is 0.137. The Bertz CT molecular complexity index is 1520. The van der Waals surface area contributed by atoms with Gasteiger partial charge in [-0.1, -0.05) is 84.6 Å². The van der Waals surface area contributed by atoms with Crippen molar-refractivity contribution in [3.63, 3.8) is 0 Å². The van der Waals surface area contributed by atoms with Crippen LogP contribution in [-0.4, -0.2) is 39.7 Å². The number of nitrogens with one attached hydrogen (secondary N) is 1. The number of hydrazone groups is 1.